The van der Waals surface area contributed by atoms with Crippen molar-refractivity contribution < 1.29 is 5.11 Å². The van der Waals surface area contributed by atoms with E-state index in [0.717, 1.165) is 19.5 Å². The van der Waals surface area contributed by atoms with Crippen molar-refractivity contribution in [3.05, 3.63) is 23.9 Å². The van der Waals surface area contributed by atoms with E-state index in [1.807, 2.05) is 6.92 Å². The molecule has 1 aliphatic heterocycles. The second kappa shape index (κ2) is 4.84. The molecule has 15 heavy (non-hydrogen) atoms. The van der Waals surface area contributed by atoms with E-state index >= 15 is 0 Å². The lowest BCUT2D eigenvalue weighted by molar-refractivity contribution is 0.108. The van der Waals surface area contributed by atoms with Crippen LogP contribution in [0.2, 0.25) is 0 Å². The van der Waals surface area contributed by atoms with Gasteiger partial charge < -0.3 is 10.0 Å². The largest absolute Gasteiger partial charge is 0.391 e. The third-order valence-corrected chi connectivity index (χ3v) is 3.49. The van der Waals surface area contributed by atoms with Crippen LogP contribution in [0.3, 0.4) is 0 Å². The van der Waals surface area contributed by atoms with Gasteiger partial charge in [0.15, 0.2) is 0 Å². The Morgan fingerprint density at radius 3 is 3.27 bits per heavy atom. The summed E-state index contributed by atoms with van der Waals surface area (Å²) in [5, 5.41) is 9.71. The molecule has 0 bridgehead atoms. The highest BCUT2D eigenvalue weighted by atomic mass is 16.3. The normalized spacial score (nSPS) is 27.2. The minimum absolute atomic E-state index is 0.171. The van der Waals surface area contributed by atoms with E-state index in [9.17, 15) is 5.11 Å². The number of hydrogen-bond donors (Lipinski definition) is 1. The number of fused-ring (bicyclic) bond motifs is 1. The number of nitrogens with zero attached hydrogens (tertiary/aromatic N) is 1. The molecule has 0 aromatic rings. The first-order valence-electron chi connectivity index (χ1n) is 6.11. The zero-order valence-electron chi connectivity index (χ0n) is 9.52. The molecule has 0 aromatic carbocycles. The molecule has 2 unspecified atom stereocenters. The van der Waals surface area contributed by atoms with Crippen LogP contribution >= 0.6 is 0 Å². The molecule has 0 amide bonds. The van der Waals surface area contributed by atoms with Crippen molar-refractivity contribution in [1.82, 2.24) is 4.90 Å². The van der Waals surface area contributed by atoms with Crippen LogP contribution < -0.4 is 0 Å². The number of aliphatic hydroxyl groups is 1. The standard InChI is InChI=1S/C13H21NO/c1-2-12(15)10-14-9-5-7-11-6-3-4-8-13(11)14/h3-4,8,11-12,15H,2,5-7,9-10H2,1H3. The second-order valence-corrected chi connectivity index (χ2v) is 4.60. The van der Waals surface area contributed by atoms with E-state index in [1.165, 1.54) is 25.0 Å². The van der Waals surface area contributed by atoms with E-state index in [1.54, 1.807) is 0 Å². The lowest BCUT2D eigenvalue weighted by atomic mass is 9.88. The number of allylic oxidation sites excluding steroid dienone is 4. The maximum absolute atomic E-state index is 9.71. The molecule has 2 nitrogen and oxygen atoms in total. The van der Waals surface area contributed by atoms with Crippen molar-refractivity contribution in [2.75, 3.05) is 13.1 Å². The number of piperidine rings is 1. The van der Waals surface area contributed by atoms with Gasteiger partial charge in [-0.05, 0) is 31.8 Å². The van der Waals surface area contributed by atoms with E-state index in [0.29, 0.717) is 5.92 Å². The summed E-state index contributed by atoms with van der Waals surface area (Å²) in [5.74, 6) is 0.716. The Labute approximate surface area is 92.3 Å². The van der Waals surface area contributed by atoms with E-state index in [-0.39, 0.29) is 6.10 Å². The summed E-state index contributed by atoms with van der Waals surface area (Å²) in [5.41, 5.74) is 1.45. The number of aliphatic hydroxyl groups excluding tert-OH is 1. The Bertz CT molecular complexity index is 270. The molecular formula is C13H21NO. The molecule has 1 heterocycles. The number of hydrogen-bond acceptors (Lipinski definition) is 2. The molecule has 2 rings (SSSR count). The molecule has 0 aromatic heterocycles. The fraction of sp³-hybridized carbons (Fsp3) is 0.692. The molecule has 1 N–H and O–H groups in total. The summed E-state index contributed by atoms with van der Waals surface area (Å²) < 4.78 is 0. The Kier molecular flexibility index (Phi) is 3.47. The van der Waals surface area contributed by atoms with Gasteiger partial charge in [0.2, 0.25) is 0 Å². The highest BCUT2D eigenvalue weighted by Gasteiger charge is 2.25. The Morgan fingerprint density at radius 1 is 1.60 bits per heavy atom. The molecule has 0 radical (unpaired) electrons. The number of likely N-dealkylation sites (tertiary alicyclic amines) is 1. The smallest absolute Gasteiger partial charge is 0.0712 e. The van der Waals surface area contributed by atoms with Crippen LogP contribution in [-0.2, 0) is 0 Å². The quantitative estimate of drug-likeness (QED) is 0.767. The first-order valence-corrected chi connectivity index (χ1v) is 6.11. The van der Waals surface area contributed by atoms with Crippen LogP contribution in [0.5, 0.6) is 0 Å². The van der Waals surface area contributed by atoms with Gasteiger partial charge in [0.1, 0.15) is 0 Å². The van der Waals surface area contributed by atoms with Crippen LogP contribution in [0.25, 0.3) is 0 Å². The van der Waals surface area contributed by atoms with Gasteiger partial charge in [-0.15, -0.1) is 0 Å². The third kappa shape index (κ3) is 2.43. The molecule has 2 atom stereocenters. The molecule has 1 fully saturated rings. The Balaban J connectivity index is 2.03. The van der Waals surface area contributed by atoms with E-state index in [2.05, 4.69) is 23.1 Å². The zero-order valence-corrected chi connectivity index (χ0v) is 9.52. The van der Waals surface area contributed by atoms with Crippen molar-refractivity contribution >= 4 is 0 Å². The minimum Gasteiger partial charge on any atom is -0.391 e. The molecule has 0 spiro atoms. The van der Waals surface area contributed by atoms with Gasteiger partial charge in [-0.2, -0.15) is 0 Å². The van der Waals surface area contributed by atoms with E-state index in [4.69, 9.17) is 0 Å². The molecule has 1 aliphatic carbocycles. The molecule has 0 saturated carbocycles. The van der Waals surface area contributed by atoms with Crippen molar-refractivity contribution in [1.29, 1.82) is 0 Å². The highest BCUT2D eigenvalue weighted by molar-refractivity contribution is 5.21. The summed E-state index contributed by atoms with van der Waals surface area (Å²) >= 11 is 0. The van der Waals surface area contributed by atoms with Gasteiger partial charge in [-0.3, -0.25) is 0 Å². The van der Waals surface area contributed by atoms with Crippen molar-refractivity contribution in [2.24, 2.45) is 5.92 Å². The predicted molar refractivity (Wildman–Crippen MR) is 62.4 cm³/mol. The molecule has 84 valence electrons. The van der Waals surface area contributed by atoms with Gasteiger partial charge in [-0.1, -0.05) is 19.1 Å². The van der Waals surface area contributed by atoms with Crippen molar-refractivity contribution in [3.63, 3.8) is 0 Å². The molecule has 1 saturated heterocycles. The van der Waals surface area contributed by atoms with Gasteiger partial charge >= 0.3 is 0 Å². The summed E-state index contributed by atoms with van der Waals surface area (Å²) in [7, 11) is 0. The summed E-state index contributed by atoms with van der Waals surface area (Å²) in [6.07, 6.45) is 11.1. The topological polar surface area (TPSA) is 23.5 Å². The van der Waals surface area contributed by atoms with E-state index < -0.39 is 0 Å². The fourth-order valence-corrected chi connectivity index (χ4v) is 2.53. The first-order chi connectivity index (χ1) is 7.31. The van der Waals surface area contributed by atoms with Crippen LogP contribution in [-0.4, -0.2) is 29.2 Å². The average Bonchev–Trinajstić information content (AvgIpc) is 2.29. The Hall–Kier alpha value is -0.760. The SMILES string of the molecule is CCC(O)CN1CCCC2CC=CC=C21. The summed E-state index contributed by atoms with van der Waals surface area (Å²) in [6.45, 7) is 3.97. The highest BCUT2D eigenvalue weighted by Crippen LogP contribution is 2.32. The van der Waals surface area contributed by atoms with Crippen molar-refractivity contribution in [2.45, 2.75) is 38.7 Å². The average molecular weight is 207 g/mol. The Morgan fingerprint density at radius 2 is 2.47 bits per heavy atom. The lowest BCUT2D eigenvalue weighted by Gasteiger charge is -2.39. The first kappa shape index (κ1) is 10.7. The molecular weight excluding hydrogens is 186 g/mol. The monoisotopic (exact) mass is 207 g/mol. The van der Waals surface area contributed by atoms with Crippen LogP contribution in [0.15, 0.2) is 23.9 Å². The maximum Gasteiger partial charge on any atom is 0.0712 e. The second-order valence-electron chi connectivity index (χ2n) is 4.60. The lowest BCUT2D eigenvalue weighted by Crippen LogP contribution is -2.38. The van der Waals surface area contributed by atoms with Crippen LogP contribution in [0.1, 0.15) is 32.6 Å². The number of rotatable bonds is 3. The van der Waals surface area contributed by atoms with Crippen LogP contribution in [0, 0.1) is 5.92 Å². The molecule has 2 heteroatoms. The fourth-order valence-electron chi connectivity index (χ4n) is 2.53. The third-order valence-electron chi connectivity index (χ3n) is 3.49. The van der Waals surface area contributed by atoms with Crippen LogP contribution in [0.4, 0.5) is 0 Å². The van der Waals surface area contributed by atoms with Crippen molar-refractivity contribution in [3.8, 4) is 0 Å². The summed E-state index contributed by atoms with van der Waals surface area (Å²) in [4.78, 5) is 2.38. The van der Waals surface area contributed by atoms with Gasteiger partial charge in [0.25, 0.3) is 0 Å². The van der Waals surface area contributed by atoms with Gasteiger partial charge in [0.05, 0.1) is 6.10 Å². The van der Waals surface area contributed by atoms with Gasteiger partial charge in [0, 0.05) is 24.7 Å². The summed E-state index contributed by atoms with van der Waals surface area (Å²) in [6, 6.07) is 0. The maximum atomic E-state index is 9.71. The molecule has 2 aliphatic rings. The number of β-amino-alcohol motifs (C(OH)–C–C–N with tert-alkyl or cyclic N) is 1. The van der Waals surface area contributed by atoms with Gasteiger partial charge in [-0.25, -0.2) is 0 Å². The zero-order chi connectivity index (χ0) is 10.7. The predicted octanol–water partition coefficient (Wildman–Crippen LogP) is 2.31. The minimum atomic E-state index is -0.171.